The third-order valence-corrected chi connectivity index (χ3v) is 8.18. The van der Waals surface area contributed by atoms with Crippen molar-refractivity contribution in [2.75, 3.05) is 5.75 Å². The summed E-state index contributed by atoms with van der Waals surface area (Å²) in [7, 11) is 0. The Morgan fingerprint density at radius 2 is 1.70 bits per heavy atom. The van der Waals surface area contributed by atoms with Gasteiger partial charge in [0.15, 0.2) is 10.9 Å². The lowest BCUT2D eigenvalue weighted by Crippen LogP contribution is -2.49. The summed E-state index contributed by atoms with van der Waals surface area (Å²) in [5, 5.41) is 10.7. The molecular formula is C26H34N4O2S. The molecule has 0 spiro atoms. The minimum Gasteiger partial charge on any atom is -0.453 e. The Labute approximate surface area is 200 Å². The van der Waals surface area contributed by atoms with Gasteiger partial charge in [-0.25, -0.2) is 0 Å². The van der Waals surface area contributed by atoms with Gasteiger partial charge in [0.1, 0.15) is 5.58 Å². The van der Waals surface area contributed by atoms with Crippen molar-refractivity contribution in [3.8, 4) is 11.6 Å². The molecule has 0 atom stereocenters. The van der Waals surface area contributed by atoms with Gasteiger partial charge in [0.05, 0.1) is 5.75 Å². The van der Waals surface area contributed by atoms with Crippen LogP contribution in [0.25, 0.3) is 22.6 Å². The first-order valence-corrected chi connectivity index (χ1v) is 13.6. The van der Waals surface area contributed by atoms with Crippen LogP contribution in [0.15, 0.2) is 39.9 Å². The van der Waals surface area contributed by atoms with Crippen LogP contribution < -0.4 is 0 Å². The minimum atomic E-state index is 0.273. The van der Waals surface area contributed by atoms with E-state index in [0.29, 0.717) is 17.8 Å². The third kappa shape index (κ3) is 4.84. The molecule has 6 nitrogen and oxygen atoms in total. The Morgan fingerprint density at radius 3 is 2.33 bits per heavy atom. The molecular weight excluding hydrogens is 432 g/mol. The molecule has 2 aromatic heterocycles. The van der Waals surface area contributed by atoms with Gasteiger partial charge in [-0.2, -0.15) is 0 Å². The highest BCUT2D eigenvalue weighted by Gasteiger charge is 2.32. The van der Waals surface area contributed by atoms with Crippen molar-refractivity contribution in [1.29, 1.82) is 0 Å². The first-order chi connectivity index (χ1) is 16.2. The summed E-state index contributed by atoms with van der Waals surface area (Å²) in [5.74, 6) is 2.13. The number of fused-ring (bicyclic) bond motifs is 1. The number of benzene rings is 1. The van der Waals surface area contributed by atoms with Crippen LogP contribution >= 0.6 is 11.8 Å². The molecule has 0 aliphatic heterocycles. The fourth-order valence-electron chi connectivity index (χ4n) is 5.58. The Kier molecular flexibility index (Phi) is 7.04. The molecule has 2 saturated carbocycles. The van der Waals surface area contributed by atoms with Gasteiger partial charge in [-0.1, -0.05) is 68.5 Å². The number of hydrogen-bond donors (Lipinski definition) is 0. The average molecular weight is 467 g/mol. The van der Waals surface area contributed by atoms with Crippen LogP contribution in [0, 0.1) is 0 Å². The zero-order valence-electron chi connectivity index (χ0n) is 19.5. The predicted octanol–water partition coefficient (Wildman–Crippen LogP) is 6.30. The molecule has 0 bridgehead atoms. The second-order valence-electron chi connectivity index (χ2n) is 9.37. The van der Waals surface area contributed by atoms with E-state index in [0.717, 1.165) is 59.9 Å². The standard InChI is InChI=1S/C26H34N4O2S/c1-2-29-25(23-17-19-11-9-10-16-22(19)32-23)27-28-26(29)33-18-24(31)30(20-12-5-3-6-13-20)21-14-7-4-8-15-21/h9-11,16-17,20-21H,2-8,12-15,18H2,1H3. The molecule has 0 saturated heterocycles. The summed E-state index contributed by atoms with van der Waals surface area (Å²) in [4.78, 5) is 15.8. The van der Waals surface area contributed by atoms with Gasteiger partial charge in [0.2, 0.25) is 11.7 Å². The van der Waals surface area contributed by atoms with Crippen molar-refractivity contribution in [3.63, 3.8) is 0 Å². The number of furan rings is 1. The highest BCUT2D eigenvalue weighted by atomic mass is 32.2. The third-order valence-electron chi connectivity index (χ3n) is 7.23. The fourth-order valence-corrected chi connectivity index (χ4v) is 6.45. The van der Waals surface area contributed by atoms with Gasteiger partial charge < -0.3 is 9.32 Å². The van der Waals surface area contributed by atoms with Gasteiger partial charge in [0, 0.05) is 24.0 Å². The van der Waals surface area contributed by atoms with E-state index in [2.05, 4.69) is 26.6 Å². The second kappa shape index (κ2) is 10.3. The smallest absolute Gasteiger partial charge is 0.233 e. The first kappa shape index (κ1) is 22.5. The maximum Gasteiger partial charge on any atom is 0.233 e. The van der Waals surface area contributed by atoms with Crippen LogP contribution in [-0.2, 0) is 11.3 Å². The molecule has 33 heavy (non-hydrogen) atoms. The van der Waals surface area contributed by atoms with E-state index < -0.39 is 0 Å². The molecule has 0 N–H and O–H groups in total. The van der Waals surface area contributed by atoms with Gasteiger partial charge in [-0.15, -0.1) is 10.2 Å². The number of aromatic nitrogens is 3. The average Bonchev–Trinajstić information content (AvgIpc) is 3.48. The van der Waals surface area contributed by atoms with E-state index in [1.807, 2.05) is 30.3 Å². The van der Waals surface area contributed by atoms with Crippen molar-refractivity contribution < 1.29 is 9.21 Å². The number of carbonyl (C=O) groups is 1. The largest absolute Gasteiger partial charge is 0.453 e. The first-order valence-electron chi connectivity index (χ1n) is 12.6. The summed E-state index contributed by atoms with van der Waals surface area (Å²) >= 11 is 1.51. The molecule has 2 aliphatic carbocycles. The molecule has 3 aromatic rings. The number of amides is 1. The second-order valence-corrected chi connectivity index (χ2v) is 10.3. The van der Waals surface area contributed by atoms with Crippen molar-refractivity contribution in [3.05, 3.63) is 30.3 Å². The van der Waals surface area contributed by atoms with Gasteiger partial charge in [0.25, 0.3) is 0 Å². The SMILES string of the molecule is CCn1c(SCC(=O)N(C2CCCCC2)C2CCCCC2)nnc1-c1cc2ccccc2o1. The van der Waals surface area contributed by atoms with E-state index in [9.17, 15) is 4.79 Å². The van der Waals surface area contributed by atoms with Crippen LogP contribution in [0.4, 0.5) is 0 Å². The number of nitrogens with zero attached hydrogens (tertiary/aromatic N) is 4. The molecule has 176 valence electrons. The molecule has 1 aromatic carbocycles. The lowest BCUT2D eigenvalue weighted by Gasteiger charge is -2.41. The monoisotopic (exact) mass is 466 g/mol. The number of rotatable bonds is 7. The van der Waals surface area contributed by atoms with E-state index >= 15 is 0 Å². The van der Waals surface area contributed by atoms with E-state index in [-0.39, 0.29) is 5.91 Å². The molecule has 2 heterocycles. The maximum absolute atomic E-state index is 13.5. The molecule has 2 fully saturated rings. The predicted molar refractivity (Wildman–Crippen MR) is 132 cm³/mol. The zero-order valence-corrected chi connectivity index (χ0v) is 20.4. The Morgan fingerprint density at radius 1 is 1.03 bits per heavy atom. The van der Waals surface area contributed by atoms with E-state index in [1.165, 1.54) is 50.3 Å². The summed E-state index contributed by atoms with van der Waals surface area (Å²) in [6, 6.07) is 10.8. The Balaban J connectivity index is 1.32. The van der Waals surface area contributed by atoms with Crippen LogP contribution in [-0.4, -0.2) is 43.4 Å². The number of hydrogen-bond acceptors (Lipinski definition) is 5. The highest BCUT2D eigenvalue weighted by Crippen LogP contribution is 2.32. The maximum atomic E-state index is 13.5. The van der Waals surface area contributed by atoms with Crippen LogP contribution in [0.5, 0.6) is 0 Å². The molecule has 2 aliphatic rings. The molecule has 5 rings (SSSR count). The summed E-state index contributed by atoms with van der Waals surface area (Å²) < 4.78 is 8.08. The number of para-hydroxylation sites is 1. The van der Waals surface area contributed by atoms with Crippen molar-refractivity contribution in [1.82, 2.24) is 19.7 Å². The quantitative estimate of drug-likeness (QED) is 0.383. The Bertz CT molecular complexity index is 1030. The highest BCUT2D eigenvalue weighted by molar-refractivity contribution is 7.99. The number of carbonyl (C=O) groups excluding carboxylic acids is 1. The van der Waals surface area contributed by atoms with Gasteiger partial charge >= 0.3 is 0 Å². The summed E-state index contributed by atoms with van der Waals surface area (Å²) in [6.07, 6.45) is 12.3. The molecule has 7 heteroatoms. The van der Waals surface area contributed by atoms with Crippen LogP contribution in [0.1, 0.15) is 71.1 Å². The van der Waals surface area contributed by atoms with Crippen molar-refractivity contribution in [2.45, 2.75) is 94.9 Å². The van der Waals surface area contributed by atoms with E-state index in [1.54, 1.807) is 0 Å². The zero-order chi connectivity index (χ0) is 22.6. The van der Waals surface area contributed by atoms with Crippen molar-refractivity contribution in [2.24, 2.45) is 0 Å². The van der Waals surface area contributed by atoms with Crippen LogP contribution in [0.3, 0.4) is 0 Å². The summed E-state index contributed by atoms with van der Waals surface area (Å²) in [6.45, 7) is 2.81. The van der Waals surface area contributed by atoms with E-state index in [4.69, 9.17) is 4.42 Å². The lowest BCUT2D eigenvalue weighted by molar-refractivity contribution is -0.135. The number of thioether (sulfide) groups is 1. The van der Waals surface area contributed by atoms with Gasteiger partial charge in [-0.3, -0.25) is 9.36 Å². The topological polar surface area (TPSA) is 64.2 Å². The van der Waals surface area contributed by atoms with Gasteiger partial charge in [-0.05, 0) is 44.7 Å². The Hall–Kier alpha value is -2.28. The van der Waals surface area contributed by atoms with Crippen molar-refractivity contribution >= 4 is 28.6 Å². The molecule has 1 amide bonds. The summed E-state index contributed by atoms with van der Waals surface area (Å²) in [5.41, 5.74) is 0.845. The normalized spacial score (nSPS) is 18.1. The fraction of sp³-hybridized carbons (Fsp3) is 0.577. The lowest BCUT2D eigenvalue weighted by atomic mass is 9.88. The molecule has 0 unspecified atom stereocenters. The minimum absolute atomic E-state index is 0.273. The van der Waals surface area contributed by atoms with Crippen LogP contribution in [0.2, 0.25) is 0 Å². The molecule has 0 radical (unpaired) electrons.